The van der Waals surface area contributed by atoms with Crippen LogP contribution in [0.1, 0.15) is 30.7 Å². The van der Waals surface area contributed by atoms with Crippen molar-refractivity contribution in [2.24, 2.45) is 0 Å². The zero-order valence-electron chi connectivity index (χ0n) is 49.5. The van der Waals surface area contributed by atoms with Crippen LogP contribution in [0.15, 0.2) is 267 Å². The van der Waals surface area contributed by atoms with Crippen LogP contribution in [0.4, 0.5) is 0 Å². The summed E-state index contributed by atoms with van der Waals surface area (Å²) >= 11 is 2.79. The number of esters is 2. The molecule has 0 amide bonds. The van der Waals surface area contributed by atoms with Crippen molar-refractivity contribution in [2.75, 3.05) is 14.2 Å². The lowest BCUT2D eigenvalue weighted by atomic mass is 9.50. The van der Waals surface area contributed by atoms with Crippen LogP contribution < -0.4 is 51.5 Å². The number of aromatic nitrogens is 4. The molecular weight excluding hydrogens is 1180 g/mol. The molecule has 0 spiro atoms. The summed E-state index contributed by atoms with van der Waals surface area (Å²) in [7, 11) is 3.23. The molecular formula is C76H50B2N6O6S2. The Hall–Kier alpha value is -11.8. The minimum absolute atomic E-state index is 0.228. The standard InChI is InChI=1S/C76H50B2N6O6S2/c1-80-68(74-82-63-47-60(88-3)43-45-65(63)92-74)72-67-66(69(49-34-38-57(39-35-49)89-75(85)51-22-10-4-11-23-51)84(72)78(55-30-18-8-19-31-55)56-32-20-9-21-33-56)71(61(48-79)73-81-62-46-59(87-2)42-44-64(62)91-73)83(77(53-26-14-6-15-27-53)54-28-16-7-17-29-54)70(67)50-36-40-58(41-37-50)90-76(86)52-24-12-5-13-25-52/h4-47H,2-3H3/b71-61-,72-68+. The van der Waals surface area contributed by atoms with Gasteiger partial charge in [-0.2, -0.15) is 5.26 Å². The van der Waals surface area contributed by atoms with E-state index in [1.165, 1.54) is 22.7 Å². The van der Waals surface area contributed by atoms with E-state index in [2.05, 4.69) is 68.4 Å². The normalized spacial score (nSPS) is 11.8. The number of carbonyl (C=O) groups excluding carboxylic acids is 2. The van der Waals surface area contributed by atoms with Crippen LogP contribution in [0.5, 0.6) is 23.0 Å². The zero-order chi connectivity index (χ0) is 62.7. The SMILES string of the molecule is [C-]#[N+]/C(c1nc2cc(OC)ccc2s1)=c1\c2c(-c3ccc(OC(=O)c4ccccc4)cc3)n(B(c3ccccc3)c3ccccc3)/c(=C(/C#N)c3nc4cc(OC)ccc4s3)c2c(-c2ccc(OC(=O)c3ccccc3)cc2)n1B(c1ccccc1)c1ccccc1. The smallest absolute Gasteiger partial charge is 0.343 e. The Morgan fingerprint density at radius 2 is 0.804 bits per heavy atom. The largest absolute Gasteiger partial charge is 0.497 e. The molecule has 14 aromatic rings. The maximum Gasteiger partial charge on any atom is 0.343 e. The van der Waals surface area contributed by atoms with E-state index in [4.69, 9.17) is 28.9 Å². The molecule has 0 aliphatic heterocycles. The highest BCUT2D eigenvalue weighted by Gasteiger charge is 2.38. The Labute approximate surface area is 538 Å². The quantitative estimate of drug-likeness (QED) is 0.0401. The second kappa shape index (κ2) is 25.4. The maximum absolute atomic E-state index is 13.8. The topological polar surface area (TPSA) is 135 Å². The van der Waals surface area contributed by atoms with E-state index >= 15 is 0 Å². The Morgan fingerprint density at radius 1 is 0.457 bits per heavy atom. The number of nitriles is 1. The second-order valence-electron chi connectivity index (χ2n) is 21.5. The monoisotopic (exact) mass is 1230 g/mol. The van der Waals surface area contributed by atoms with E-state index < -0.39 is 25.6 Å². The van der Waals surface area contributed by atoms with Crippen LogP contribution >= 0.6 is 22.7 Å². The first-order chi connectivity index (χ1) is 45.3. The van der Waals surface area contributed by atoms with Gasteiger partial charge in [-0.3, -0.25) is 0 Å². The van der Waals surface area contributed by atoms with Crippen molar-refractivity contribution < 1.29 is 28.5 Å². The summed E-state index contributed by atoms with van der Waals surface area (Å²) in [6.45, 7) is 8.37. The predicted molar refractivity (Wildman–Crippen MR) is 369 cm³/mol. The summed E-state index contributed by atoms with van der Waals surface area (Å²) in [6.07, 6.45) is 0. The van der Waals surface area contributed by atoms with Gasteiger partial charge in [0.2, 0.25) is 5.70 Å². The van der Waals surface area contributed by atoms with E-state index in [9.17, 15) is 21.4 Å². The van der Waals surface area contributed by atoms with Crippen molar-refractivity contribution in [2.45, 2.75) is 0 Å². The van der Waals surface area contributed by atoms with Crippen LogP contribution in [-0.2, 0) is 0 Å². The Morgan fingerprint density at radius 3 is 1.18 bits per heavy atom. The predicted octanol–water partition coefficient (Wildman–Crippen LogP) is 12.6. The number of fused-ring (bicyclic) bond motifs is 3. The second-order valence-corrected chi connectivity index (χ2v) is 23.6. The number of methoxy groups -OCH3 is 2. The number of hydrogen-bond acceptors (Lipinski definition) is 11. The molecule has 0 saturated heterocycles. The fourth-order valence-corrected chi connectivity index (χ4v) is 13.9. The van der Waals surface area contributed by atoms with E-state index in [0.29, 0.717) is 99.2 Å². The molecule has 16 heteroatoms. The van der Waals surface area contributed by atoms with Gasteiger partial charge in [0, 0.05) is 39.6 Å². The minimum atomic E-state index is -0.678. The molecule has 92 heavy (non-hydrogen) atoms. The summed E-state index contributed by atoms with van der Waals surface area (Å²) in [5.41, 5.74) is 8.66. The average molecular weight is 1230 g/mol. The maximum atomic E-state index is 13.8. The molecule has 4 aromatic heterocycles. The van der Waals surface area contributed by atoms with Gasteiger partial charge in [-0.15, -0.1) is 22.7 Å². The molecule has 0 unspecified atom stereocenters. The number of ether oxygens (including phenoxy) is 4. The molecule has 10 aromatic carbocycles. The number of rotatable bonds is 16. The van der Waals surface area contributed by atoms with Crippen molar-refractivity contribution in [3.8, 4) is 51.6 Å². The Bertz CT molecular complexity index is 4890. The summed E-state index contributed by atoms with van der Waals surface area (Å²) in [4.78, 5) is 42.9. The molecule has 0 fully saturated rings. The van der Waals surface area contributed by atoms with Gasteiger partial charge in [-0.1, -0.05) is 180 Å². The highest BCUT2D eigenvalue weighted by Crippen LogP contribution is 2.40. The first-order valence-electron chi connectivity index (χ1n) is 29.5. The molecule has 0 N–H and O–H groups in total. The first-order valence-corrected chi connectivity index (χ1v) is 31.1. The van der Waals surface area contributed by atoms with Gasteiger partial charge < -0.3 is 27.9 Å². The van der Waals surface area contributed by atoms with Gasteiger partial charge in [0.15, 0.2) is 0 Å². The van der Waals surface area contributed by atoms with Crippen LogP contribution in [0, 0.1) is 17.9 Å². The Balaban J connectivity index is 1.24. The number of thiazole rings is 2. The summed E-state index contributed by atoms with van der Waals surface area (Å²) < 4.78 is 29.8. The van der Waals surface area contributed by atoms with Crippen LogP contribution in [0.2, 0.25) is 0 Å². The van der Waals surface area contributed by atoms with Crippen molar-refractivity contribution in [1.29, 1.82) is 5.26 Å². The minimum Gasteiger partial charge on any atom is -0.497 e. The molecule has 0 aliphatic rings. The number of nitrogens with zero attached hydrogens (tertiary/aromatic N) is 6. The third kappa shape index (κ3) is 11.0. The lowest BCUT2D eigenvalue weighted by Crippen LogP contribution is -2.54. The molecule has 438 valence electrons. The average Bonchev–Trinajstić information content (AvgIpc) is 1.52. The highest BCUT2D eigenvalue weighted by molar-refractivity contribution is 7.20. The van der Waals surface area contributed by atoms with Gasteiger partial charge in [-0.05, 0) is 108 Å². The summed E-state index contributed by atoms with van der Waals surface area (Å²) in [6, 6.07) is 87.4. The van der Waals surface area contributed by atoms with Gasteiger partial charge in [0.25, 0.3) is 0 Å². The Kier molecular flexibility index (Phi) is 16.0. The van der Waals surface area contributed by atoms with Gasteiger partial charge in [0.05, 0.1) is 57.7 Å². The summed E-state index contributed by atoms with van der Waals surface area (Å²) in [5.74, 6) is 0.768. The molecule has 0 radical (unpaired) electrons. The molecule has 0 saturated carbocycles. The number of carbonyl (C=O) groups is 2. The lowest BCUT2D eigenvalue weighted by molar-refractivity contribution is 0.0725. The first kappa shape index (κ1) is 57.9. The van der Waals surface area contributed by atoms with E-state index in [1.54, 1.807) is 87.0 Å². The molecule has 0 bridgehead atoms. The number of hydrogen-bond donors (Lipinski definition) is 0. The molecule has 14 rings (SSSR count). The van der Waals surface area contributed by atoms with Gasteiger partial charge in [0.1, 0.15) is 44.7 Å². The van der Waals surface area contributed by atoms with Crippen molar-refractivity contribution >= 4 is 113 Å². The van der Waals surface area contributed by atoms with Gasteiger partial charge >= 0.3 is 25.6 Å². The van der Waals surface area contributed by atoms with Crippen molar-refractivity contribution in [3.63, 3.8) is 0 Å². The molecule has 12 nitrogen and oxygen atoms in total. The fourth-order valence-electron chi connectivity index (χ4n) is 12.0. The lowest BCUT2D eigenvalue weighted by Gasteiger charge is -2.24. The fraction of sp³-hybridized carbons (Fsp3) is 0.0263. The highest BCUT2D eigenvalue weighted by atomic mass is 32.1. The van der Waals surface area contributed by atoms with Crippen molar-refractivity contribution in [1.82, 2.24) is 18.9 Å². The van der Waals surface area contributed by atoms with Gasteiger partial charge in [-0.25, -0.2) is 24.4 Å². The molecule has 0 aliphatic carbocycles. The van der Waals surface area contributed by atoms with Crippen LogP contribution in [0.25, 0.3) is 69.8 Å². The third-order valence-electron chi connectivity index (χ3n) is 16.1. The zero-order valence-corrected chi connectivity index (χ0v) is 51.1. The molecule has 0 atom stereocenters. The van der Waals surface area contributed by atoms with E-state index in [1.807, 2.05) is 146 Å². The summed E-state index contributed by atoms with van der Waals surface area (Å²) in [5, 5.41) is 15.6. The van der Waals surface area contributed by atoms with Crippen LogP contribution in [-0.4, -0.2) is 58.8 Å². The molecule has 4 heterocycles. The number of benzene rings is 10. The van der Waals surface area contributed by atoms with E-state index in [-0.39, 0.29) is 11.3 Å². The van der Waals surface area contributed by atoms with Crippen molar-refractivity contribution in [3.05, 3.63) is 310 Å². The third-order valence-corrected chi connectivity index (χ3v) is 18.2. The van der Waals surface area contributed by atoms with Crippen LogP contribution in [0.3, 0.4) is 0 Å². The van der Waals surface area contributed by atoms with E-state index in [0.717, 1.165) is 31.3 Å².